The summed E-state index contributed by atoms with van der Waals surface area (Å²) in [5, 5.41) is 19.7. The molecule has 2 N–H and O–H groups in total. The summed E-state index contributed by atoms with van der Waals surface area (Å²) in [5.74, 6) is -0.0779. The summed E-state index contributed by atoms with van der Waals surface area (Å²) in [6.45, 7) is 4.21. The Morgan fingerprint density at radius 3 is 2.59 bits per heavy atom. The molecule has 120 valence electrons. The van der Waals surface area contributed by atoms with Crippen LogP contribution in [0.2, 0.25) is 0 Å². The van der Waals surface area contributed by atoms with Crippen LogP contribution in [0.25, 0.3) is 0 Å². The summed E-state index contributed by atoms with van der Waals surface area (Å²) in [5.41, 5.74) is 1.52. The maximum absolute atomic E-state index is 12.4. The van der Waals surface area contributed by atoms with Gasteiger partial charge in [0.05, 0.1) is 12.5 Å². The van der Waals surface area contributed by atoms with E-state index < -0.39 is 5.41 Å². The molecule has 0 unspecified atom stereocenters. The molecule has 1 fully saturated rings. The molecule has 1 aromatic rings. The van der Waals surface area contributed by atoms with Gasteiger partial charge < -0.3 is 14.9 Å². The molecule has 2 aliphatic rings. The van der Waals surface area contributed by atoms with Gasteiger partial charge in [-0.1, -0.05) is 13.3 Å². The maximum atomic E-state index is 12.4. The minimum Gasteiger partial charge on any atom is -0.504 e. The predicted octanol–water partition coefficient (Wildman–Crippen LogP) is 3.28. The van der Waals surface area contributed by atoms with Crippen molar-refractivity contribution < 1.29 is 19.7 Å². The van der Waals surface area contributed by atoms with Crippen LogP contribution in [0.15, 0.2) is 12.1 Å². The van der Waals surface area contributed by atoms with E-state index in [0.717, 1.165) is 43.2 Å². The first-order chi connectivity index (χ1) is 10.3. The third-order valence-corrected chi connectivity index (χ3v) is 6.10. The normalized spacial score (nSPS) is 33.7. The van der Waals surface area contributed by atoms with Gasteiger partial charge in [-0.25, -0.2) is 0 Å². The fraction of sp³-hybridized carbons (Fsp3) is 0.611. The van der Waals surface area contributed by atoms with Gasteiger partial charge in [0.15, 0.2) is 11.5 Å². The molecular weight excluding hydrogens is 280 g/mol. The lowest BCUT2D eigenvalue weighted by Gasteiger charge is -2.54. The van der Waals surface area contributed by atoms with Crippen LogP contribution in [0, 0.1) is 11.3 Å². The van der Waals surface area contributed by atoms with Gasteiger partial charge in [-0.2, -0.15) is 0 Å². The first kappa shape index (κ1) is 15.2. The fourth-order valence-corrected chi connectivity index (χ4v) is 4.97. The number of benzene rings is 1. The van der Waals surface area contributed by atoms with Crippen molar-refractivity contribution in [3.8, 4) is 11.5 Å². The molecule has 1 aromatic carbocycles. The van der Waals surface area contributed by atoms with Crippen LogP contribution in [0.5, 0.6) is 11.5 Å². The Kier molecular flexibility index (Phi) is 3.38. The van der Waals surface area contributed by atoms with Crippen LogP contribution in [0.3, 0.4) is 0 Å². The van der Waals surface area contributed by atoms with E-state index >= 15 is 0 Å². The van der Waals surface area contributed by atoms with Gasteiger partial charge in [-0.05, 0) is 67.2 Å². The topological polar surface area (TPSA) is 66.8 Å². The third kappa shape index (κ3) is 1.93. The van der Waals surface area contributed by atoms with Crippen LogP contribution in [0.1, 0.15) is 50.7 Å². The largest absolute Gasteiger partial charge is 0.504 e. The highest BCUT2D eigenvalue weighted by molar-refractivity contribution is 5.77. The number of hydrogen-bond donors (Lipinski definition) is 2. The number of rotatable bonds is 1. The molecule has 0 spiro atoms. The number of methoxy groups -OCH3 is 1. The lowest BCUT2D eigenvalue weighted by atomic mass is 9.50. The minimum atomic E-state index is -0.479. The molecular formula is C18H24O4. The zero-order chi connectivity index (χ0) is 16.1. The van der Waals surface area contributed by atoms with E-state index in [1.54, 1.807) is 12.1 Å². The maximum Gasteiger partial charge on any atom is 0.311 e. The summed E-state index contributed by atoms with van der Waals surface area (Å²) < 4.78 is 5.09. The van der Waals surface area contributed by atoms with Crippen LogP contribution in [0.4, 0.5) is 0 Å². The zero-order valence-corrected chi connectivity index (χ0v) is 13.5. The van der Waals surface area contributed by atoms with Crippen LogP contribution >= 0.6 is 0 Å². The quantitative estimate of drug-likeness (QED) is 0.617. The average molecular weight is 304 g/mol. The smallest absolute Gasteiger partial charge is 0.311 e. The van der Waals surface area contributed by atoms with Gasteiger partial charge in [0, 0.05) is 0 Å². The number of carbonyl (C=O) groups is 1. The van der Waals surface area contributed by atoms with Gasteiger partial charge in [0.2, 0.25) is 0 Å². The molecule has 0 amide bonds. The molecule has 4 nitrogen and oxygen atoms in total. The molecule has 0 aromatic heterocycles. The zero-order valence-electron chi connectivity index (χ0n) is 13.5. The first-order valence-corrected chi connectivity index (χ1v) is 7.96. The number of esters is 1. The molecule has 0 aliphatic heterocycles. The summed E-state index contributed by atoms with van der Waals surface area (Å²) in [4.78, 5) is 12.4. The van der Waals surface area contributed by atoms with E-state index in [2.05, 4.69) is 6.92 Å². The Labute approximate surface area is 131 Å². The summed E-state index contributed by atoms with van der Waals surface area (Å²) in [6.07, 6.45) is 4.51. The molecule has 0 saturated heterocycles. The van der Waals surface area contributed by atoms with Gasteiger partial charge >= 0.3 is 5.97 Å². The molecule has 1 saturated carbocycles. The van der Waals surface area contributed by atoms with Gasteiger partial charge in [-0.15, -0.1) is 0 Å². The molecule has 3 rings (SSSR count). The SMILES string of the molecule is COC(=O)[C@@]1(C)CCC[C@]2(C)c3cc(O)c(O)cc3CC[C@@H]12. The Bertz CT molecular complexity index is 624. The van der Waals surface area contributed by atoms with Crippen molar-refractivity contribution in [1.29, 1.82) is 0 Å². The number of aryl methyl sites for hydroxylation is 1. The van der Waals surface area contributed by atoms with Crippen molar-refractivity contribution in [2.45, 2.75) is 51.4 Å². The Hall–Kier alpha value is -1.71. The predicted molar refractivity (Wildman–Crippen MR) is 82.9 cm³/mol. The lowest BCUT2D eigenvalue weighted by Crippen LogP contribution is -2.52. The van der Waals surface area contributed by atoms with Crippen LogP contribution in [-0.2, 0) is 21.4 Å². The van der Waals surface area contributed by atoms with Crippen LogP contribution in [-0.4, -0.2) is 23.3 Å². The fourth-order valence-electron chi connectivity index (χ4n) is 4.97. The van der Waals surface area contributed by atoms with Crippen molar-refractivity contribution in [2.24, 2.45) is 11.3 Å². The Morgan fingerprint density at radius 2 is 1.91 bits per heavy atom. The number of phenolic OH excluding ortho intramolecular Hbond substituents is 2. The second-order valence-electron chi connectivity index (χ2n) is 7.27. The highest BCUT2D eigenvalue weighted by Gasteiger charge is 2.55. The molecule has 0 bridgehead atoms. The van der Waals surface area contributed by atoms with E-state index in [9.17, 15) is 15.0 Å². The summed E-state index contributed by atoms with van der Waals surface area (Å²) >= 11 is 0. The highest BCUT2D eigenvalue weighted by Crippen LogP contribution is 2.58. The molecule has 4 heteroatoms. The Balaban J connectivity index is 2.12. The number of fused-ring (bicyclic) bond motifs is 3. The number of hydrogen-bond acceptors (Lipinski definition) is 4. The number of phenols is 2. The van der Waals surface area contributed by atoms with Crippen molar-refractivity contribution in [3.63, 3.8) is 0 Å². The van der Waals surface area contributed by atoms with Gasteiger partial charge in [-0.3, -0.25) is 4.79 Å². The monoisotopic (exact) mass is 304 g/mol. The van der Waals surface area contributed by atoms with Crippen molar-refractivity contribution >= 4 is 5.97 Å². The summed E-state index contributed by atoms with van der Waals surface area (Å²) in [7, 11) is 1.46. The van der Waals surface area contributed by atoms with Gasteiger partial charge in [0.25, 0.3) is 0 Å². The van der Waals surface area contributed by atoms with E-state index in [0.29, 0.717) is 0 Å². The first-order valence-electron chi connectivity index (χ1n) is 7.96. The second-order valence-corrected chi connectivity index (χ2v) is 7.27. The number of carbonyl (C=O) groups excluding carboxylic acids is 1. The third-order valence-electron chi connectivity index (χ3n) is 6.10. The van der Waals surface area contributed by atoms with E-state index in [1.807, 2.05) is 6.92 Å². The molecule has 0 heterocycles. The van der Waals surface area contributed by atoms with Gasteiger partial charge in [0.1, 0.15) is 0 Å². The molecule has 3 atom stereocenters. The molecule has 22 heavy (non-hydrogen) atoms. The van der Waals surface area contributed by atoms with Crippen molar-refractivity contribution in [1.82, 2.24) is 0 Å². The molecule has 2 aliphatic carbocycles. The van der Waals surface area contributed by atoms with E-state index in [4.69, 9.17) is 4.74 Å². The number of aromatic hydroxyl groups is 2. The number of ether oxygens (including phenoxy) is 1. The molecule has 0 radical (unpaired) electrons. The van der Waals surface area contributed by atoms with E-state index in [1.165, 1.54) is 7.11 Å². The second kappa shape index (κ2) is 4.90. The average Bonchev–Trinajstić information content (AvgIpc) is 2.48. The minimum absolute atomic E-state index is 0.0626. The lowest BCUT2D eigenvalue weighted by molar-refractivity contribution is -0.161. The van der Waals surface area contributed by atoms with Crippen LogP contribution < -0.4 is 0 Å². The summed E-state index contributed by atoms with van der Waals surface area (Å²) in [6, 6.07) is 3.37. The van der Waals surface area contributed by atoms with E-state index in [-0.39, 0.29) is 28.8 Å². The van der Waals surface area contributed by atoms with Crippen molar-refractivity contribution in [3.05, 3.63) is 23.3 Å². The van der Waals surface area contributed by atoms with Crippen molar-refractivity contribution in [2.75, 3.05) is 7.11 Å². The highest BCUT2D eigenvalue weighted by atomic mass is 16.5. The standard InChI is InChI=1S/C18H24O4/c1-17-7-4-8-18(2,16(21)22-3)15(17)6-5-11-9-13(19)14(20)10-12(11)17/h9-10,15,19-20H,4-8H2,1-3H3/t15-,17-,18+/m1/s1. The Morgan fingerprint density at radius 1 is 1.23 bits per heavy atom.